The summed E-state index contributed by atoms with van der Waals surface area (Å²) >= 11 is 0. The lowest BCUT2D eigenvalue weighted by molar-refractivity contribution is 1.28. The second-order valence-corrected chi connectivity index (χ2v) is 15.3. The molecule has 1 heteroatoms. The Labute approximate surface area is 344 Å². The van der Waals surface area contributed by atoms with Crippen LogP contribution >= 0.6 is 0 Å². The minimum Gasteiger partial charge on any atom is -0.310 e. The van der Waals surface area contributed by atoms with Crippen LogP contribution < -0.4 is 4.90 Å². The minimum atomic E-state index is 1.10. The molecule has 11 aromatic carbocycles. The summed E-state index contributed by atoms with van der Waals surface area (Å²) in [6, 6.07) is 86.2. The van der Waals surface area contributed by atoms with Crippen LogP contribution in [0.3, 0.4) is 0 Å². The van der Waals surface area contributed by atoms with E-state index >= 15 is 0 Å². The average molecular weight is 750 g/mol. The number of nitrogens with zero attached hydrogens (tertiary/aromatic N) is 1. The van der Waals surface area contributed by atoms with Crippen LogP contribution in [-0.4, -0.2) is 0 Å². The van der Waals surface area contributed by atoms with E-state index in [4.69, 9.17) is 0 Å². The van der Waals surface area contributed by atoms with Gasteiger partial charge in [0.1, 0.15) is 0 Å². The molecule has 59 heavy (non-hydrogen) atoms. The van der Waals surface area contributed by atoms with Gasteiger partial charge in [-0.05, 0) is 142 Å². The lowest BCUT2D eigenvalue weighted by Gasteiger charge is -2.26. The molecule has 0 aliphatic rings. The molecule has 0 N–H and O–H groups in total. The summed E-state index contributed by atoms with van der Waals surface area (Å²) in [5.41, 5.74) is 13.0. The summed E-state index contributed by atoms with van der Waals surface area (Å²) in [5, 5.41) is 10.2. The van der Waals surface area contributed by atoms with E-state index < -0.39 is 0 Å². The molecule has 0 aliphatic carbocycles. The topological polar surface area (TPSA) is 3.24 Å². The molecular weight excluding hydrogens is 711 g/mol. The number of rotatable bonds is 7. The Bertz CT molecular complexity index is 3310. The Morgan fingerprint density at radius 2 is 0.610 bits per heavy atom. The van der Waals surface area contributed by atoms with Crippen molar-refractivity contribution in [3.8, 4) is 44.5 Å². The molecule has 0 aromatic heterocycles. The molecule has 0 aliphatic heterocycles. The molecule has 0 heterocycles. The summed E-state index contributed by atoms with van der Waals surface area (Å²) in [6.45, 7) is 0. The molecule has 11 aromatic rings. The number of anilines is 3. The van der Waals surface area contributed by atoms with Crippen molar-refractivity contribution in [2.24, 2.45) is 0 Å². The predicted molar refractivity (Wildman–Crippen MR) is 253 cm³/mol. The molecule has 0 saturated heterocycles. The third-order valence-corrected chi connectivity index (χ3v) is 11.8. The van der Waals surface area contributed by atoms with Crippen molar-refractivity contribution in [2.45, 2.75) is 0 Å². The summed E-state index contributed by atoms with van der Waals surface area (Å²) in [7, 11) is 0. The quantitative estimate of drug-likeness (QED) is 0.147. The van der Waals surface area contributed by atoms with E-state index in [1.165, 1.54) is 87.6 Å². The second kappa shape index (κ2) is 14.6. The van der Waals surface area contributed by atoms with Crippen molar-refractivity contribution in [1.82, 2.24) is 0 Å². The molecule has 0 bridgehead atoms. The van der Waals surface area contributed by atoms with Crippen LogP contribution in [0.25, 0.3) is 87.6 Å². The highest BCUT2D eigenvalue weighted by Crippen LogP contribution is 2.41. The third kappa shape index (κ3) is 6.30. The molecule has 11 rings (SSSR count). The summed E-state index contributed by atoms with van der Waals surface area (Å²) in [4.78, 5) is 2.37. The van der Waals surface area contributed by atoms with Gasteiger partial charge in [-0.3, -0.25) is 0 Å². The van der Waals surface area contributed by atoms with Gasteiger partial charge in [-0.15, -0.1) is 0 Å². The van der Waals surface area contributed by atoms with Crippen molar-refractivity contribution in [2.75, 3.05) is 4.90 Å². The highest BCUT2D eigenvalue weighted by atomic mass is 15.1. The van der Waals surface area contributed by atoms with Gasteiger partial charge < -0.3 is 4.90 Å². The van der Waals surface area contributed by atoms with Gasteiger partial charge in [0, 0.05) is 17.1 Å². The van der Waals surface area contributed by atoms with Crippen LogP contribution in [0.5, 0.6) is 0 Å². The zero-order valence-corrected chi connectivity index (χ0v) is 32.5. The van der Waals surface area contributed by atoms with Crippen molar-refractivity contribution >= 4 is 60.2 Å². The Morgan fingerprint density at radius 1 is 0.203 bits per heavy atom. The fourth-order valence-corrected chi connectivity index (χ4v) is 8.95. The lowest BCUT2D eigenvalue weighted by atomic mass is 9.92. The fraction of sp³-hybridized carbons (Fsp3) is 0. The SMILES string of the molecule is c1ccc(-c2cccc(N(c3ccc(-c4cccc(-c5cc6ccccc6c6ccccc56)c4)cc3)c3ccc(-c4cc5ccccc5c5ccccc45)cc3)c2)cc1. The van der Waals surface area contributed by atoms with E-state index in [0.717, 1.165) is 17.1 Å². The largest absolute Gasteiger partial charge is 0.310 e. The number of benzene rings is 11. The average Bonchev–Trinajstić information content (AvgIpc) is 3.32. The first-order valence-electron chi connectivity index (χ1n) is 20.3. The first-order chi connectivity index (χ1) is 29.2. The van der Waals surface area contributed by atoms with Crippen LogP contribution in [0.15, 0.2) is 237 Å². The van der Waals surface area contributed by atoms with Crippen LogP contribution in [0, 0.1) is 0 Å². The first-order valence-corrected chi connectivity index (χ1v) is 20.3. The van der Waals surface area contributed by atoms with Crippen molar-refractivity contribution < 1.29 is 0 Å². The van der Waals surface area contributed by atoms with Gasteiger partial charge >= 0.3 is 0 Å². The second-order valence-electron chi connectivity index (χ2n) is 15.3. The zero-order valence-electron chi connectivity index (χ0n) is 32.5. The van der Waals surface area contributed by atoms with E-state index in [0.29, 0.717) is 0 Å². The van der Waals surface area contributed by atoms with Gasteiger partial charge in [0.05, 0.1) is 0 Å². The smallest absolute Gasteiger partial charge is 0.0467 e. The van der Waals surface area contributed by atoms with Crippen LogP contribution in [0.2, 0.25) is 0 Å². The van der Waals surface area contributed by atoms with Gasteiger partial charge in [0.2, 0.25) is 0 Å². The molecule has 0 unspecified atom stereocenters. The number of hydrogen-bond acceptors (Lipinski definition) is 1. The van der Waals surface area contributed by atoms with Crippen molar-refractivity contribution in [3.63, 3.8) is 0 Å². The Balaban J connectivity index is 0.992. The molecular formula is C58H39N. The van der Waals surface area contributed by atoms with Gasteiger partial charge in [0.15, 0.2) is 0 Å². The van der Waals surface area contributed by atoms with E-state index in [9.17, 15) is 0 Å². The molecule has 0 fully saturated rings. The van der Waals surface area contributed by atoms with Crippen LogP contribution in [0.4, 0.5) is 17.1 Å². The monoisotopic (exact) mass is 749 g/mol. The molecule has 0 spiro atoms. The molecule has 1 nitrogen and oxygen atoms in total. The fourth-order valence-electron chi connectivity index (χ4n) is 8.95. The lowest BCUT2D eigenvalue weighted by Crippen LogP contribution is -2.10. The highest BCUT2D eigenvalue weighted by molar-refractivity contribution is 6.15. The Morgan fingerprint density at radius 3 is 1.20 bits per heavy atom. The Hall–Kier alpha value is -7.74. The summed E-state index contributed by atoms with van der Waals surface area (Å²) < 4.78 is 0. The standard InChI is InChI=1S/C58H39N/c1-2-14-40(15-3-1)44-19-13-21-50(37-44)59(49-34-30-42(31-35-49)57-38-46-16-4-6-22-51(46)53-24-8-10-26-55(53)57)48-32-28-41(29-33-48)43-18-12-20-45(36-43)58-39-47-17-5-7-23-52(47)54-25-9-11-27-56(54)58/h1-39H. The van der Waals surface area contributed by atoms with E-state index in [1.54, 1.807) is 0 Å². The predicted octanol–water partition coefficient (Wildman–Crippen LogP) is 16.4. The minimum absolute atomic E-state index is 1.10. The van der Waals surface area contributed by atoms with Crippen molar-refractivity contribution in [1.29, 1.82) is 0 Å². The van der Waals surface area contributed by atoms with Gasteiger partial charge in [-0.1, -0.05) is 182 Å². The maximum absolute atomic E-state index is 2.37. The highest BCUT2D eigenvalue weighted by Gasteiger charge is 2.16. The van der Waals surface area contributed by atoms with Gasteiger partial charge in [0.25, 0.3) is 0 Å². The molecule has 0 atom stereocenters. The van der Waals surface area contributed by atoms with Gasteiger partial charge in [-0.2, -0.15) is 0 Å². The maximum atomic E-state index is 2.37. The van der Waals surface area contributed by atoms with Crippen molar-refractivity contribution in [3.05, 3.63) is 237 Å². The third-order valence-electron chi connectivity index (χ3n) is 11.8. The van der Waals surface area contributed by atoms with E-state index in [1.807, 2.05) is 0 Å². The Kier molecular flexibility index (Phi) is 8.56. The van der Waals surface area contributed by atoms with Crippen LogP contribution in [0.1, 0.15) is 0 Å². The zero-order chi connectivity index (χ0) is 39.1. The first kappa shape index (κ1) is 34.5. The summed E-state index contributed by atoms with van der Waals surface area (Å²) in [6.07, 6.45) is 0. The normalized spacial score (nSPS) is 11.4. The number of hydrogen-bond donors (Lipinski definition) is 0. The van der Waals surface area contributed by atoms with E-state index in [-0.39, 0.29) is 0 Å². The molecule has 0 radical (unpaired) electrons. The maximum Gasteiger partial charge on any atom is 0.0467 e. The molecule has 0 amide bonds. The van der Waals surface area contributed by atoms with E-state index in [2.05, 4.69) is 241 Å². The number of fused-ring (bicyclic) bond motifs is 6. The molecule has 0 saturated carbocycles. The molecule has 276 valence electrons. The van der Waals surface area contributed by atoms with Gasteiger partial charge in [-0.25, -0.2) is 0 Å². The summed E-state index contributed by atoms with van der Waals surface area (Å²) in [5.74, 6) is 0. The van der Waals surface area contributed by atoms with Crippen LogP contribution in [-0.2, 0) is 0 Å².